The molecule has 2 amide bonds. The maximum Gasteiger partial charge on any atom is 0.407 e. The number of ether oxygens (including phenoxy) is 1. The van der Waals surface area contributed by atoms with E-state index in [1.54, 1.807) is 6.92 Å². The van der Waals surface area contributed by atoms with Gasteiger partial charge in [-0.1, -0.05) is 55.5 Å². The summed E-state index contributed by atoms with van der Waals surface area (Å²) in [5.74, 6) is -1.98. The van der Waals surface area contributed by atoms with Crippen molar-refractivity contribution >= 4 is 18.0 Å². The van der Waals surface area contributed by atoms with E-state index in [4.69, 9.17) is 9.84 Å². The number of carboxylic acid groups (broad SMARTS) is 1. The van der Waals surface area contributed by atoms with Gasteiger partial charge in [-0.3, -0.25) is 4.79 Å². The molecule has 0 fully saturated rings. The number of fused-ring (bicyclic) bond motifs is 3. The van der Waals surface area contributed by atoms with Crippen molar-refractivity contribution in [2.75, 3.05) is 6.61 Å². The van der Waals surface area contributed by atoms with E-state index in [1.807, 2.05) is 36.4 Å². The number of aliphatic hydroxyl groups excluding tert-OH is 1. The molecule has 0 radical (unpaired) electrons. The molecule has 8 nitrogen and oxygen atoms in total. The maximum absolute atomic E-state index is 12.4. The number of carboxylic acids is 1. The number of rotatable bonds is 9. The first kappa shape index (κ1) is 23.3. The Kier molecular flexibility index (Phi) is 7.48. The Labute approximate surface area is 186 Å². The first-order valence-corrected chi connectivity index (χ1v) is 10.6. The van der Waals surface area contributed by atoms with Crippen molar-refractivity contribution in [3.8, 4) is 11.1 Å². The zero-order valence-electron chi connectivity index (χ0n) is 18.1. The van der Waals surface area contributed by atoms with Crippen LogP contribution in [0.25, 0.3) is 11.1 Å². The highest BCUT2D eigenvalue weighted by Crippen LogP contribution is 2.44. The lowest BCUT2D eigenvalue weighted by Gasteiger charge is -2.21. The number of nitrogens with one attached hydrogen (secondary N) is 2. The Morgan fingerprint density at radius 2 is 1.56 bits per heavy atom. The summed E-state index contributed by atoms with van der Waals surface area (Å²) in [5.41, 5.74) is 4.47. The number of aliphatic hydroxyl groups is 1. The number of carbonyl (C=O) groups is 3. The monoisotopic (exact) mass is 440 g/mol. The van der Waals surface area contributed by atoms with Crippen molar-refractivity contribution in [2.24, 2.45) is 0 Å². The van der Waals surface area contributed by atoms with Gasteiger partial charge in [0.1, 0.15) is 6.61 Å². The van der Waals surface area contributed by atoms with E-state index in [-0.39, 0.29) is 18.9 Å². The molecule has 0 aromatic heterocycles. The number of benzene rings is 2. The molecule has 0 saturated heterocycles. The SMILES string of the molecule is CC[C@H](CC(=O)N[C@H](C(=O)O)[C@@H](C)O)NC(=O)OCC1c2ccccc2-c2ccccc21. The van der Waals surface area contributed by atoms with E-state index < -0.39 is 36.2 Å². The van der Waals surface area contributed by atoms with Gasteiger partial charge in [0.15, 0.2) is 6.04 Å². The van der Waals surface area contributed by atoms with Crippen LogP contribution >= 0.6 is 0 Å². The Hall–Kier alpha value is -3.39. The Bertz CT molecular complexity index is 944. The Morgan fingerprint density at radius 1 is 1.00 bits per heavy atom. The summed E-state index contributed by atoms with van der Waals surface area (Å²) >= 11 is 0. The van der Waals surface area contributed by atoms with Crippen LogP contribution in [0.4, 0.5) is 4.79 Å². The second-order valence-corrected chi connectivity index (χ2v) is 7.90. The minimum atomic E-state index is -1.41. The van der Waals surface area contributed by atoms with E-state index in [0.29, 0.717) is 6.42 Å². The molecule has 1 aliphatic rings. The highest BCUT2D eigenvalue weighted by molar-refractivity contribution is 5.84. The summed E-state index contributed by atoms with van der Waals surface area (Å²) in [4.78, 5) is 35.7. The molecule has 0 spiro atoms. The van der Waals surface area contributed by atoms with Gasteiger partial charge in [0.2, 0.25) is 5.91 Å². The molecular formula is C24H28N2O6. The van der Waals surface area contributed by atoms with Crippen LogP contribution in [0.15, 0.2) is 48.5 Å². The molecule has 1 aliphatic carbocycles. The molecule has 0 bridgehead atoms. The largest absolute Gasteiger partial charge is 0.480 e. The average Bonchev–Trinajstić information content (AvgIpc) is 3.09. The van der Waals surface area contributed by atoms with Gasteiger partial charge in [0.05, 0.1) is 6.10 Å². The number of hydrogen-bond acceptors (Lipinski definition) is 5. The summed E-state index contributed by atoms with van der Waals surface area (Å²) in [6, 6.07) is 14.1. The van der Waals surface area contributed by atoms with Crippen molar-refractivity contribution in [1.82, 2.24) is 10.6 Å². The van der Waals surface area contributed by atoms with Crippen LogP contribution in [0.2, 0.25) is 0 Å². The lowest BCUT2D eigenvalue weighted by atomic mass is 9.98. The fourth-order valence-electron chi connectivity index (χ4n) is 3.95. The van der Waals surface area contributed by atoms with Crippen molar-refractivity contribution in [3.63, 3.8) is 0 Å². The first-order chi connectivity index (χ1) is 15.3. The highest BCUT2D eigenvalue weighted by atomic mass is 16.5. The van der Waals surface area contributed by atoms with Crippen molar-refractivity contribution in [3.05, 3.63) is 59.7 Å². The molecule has 4 N–H and O–H groups in total. The van der Waals surface area contributed by atoms with Gasteiger partial charge in [-0.2, -0.15) is 0 Å². The molecule has 32 heavy (non-hydrogen) atoms. The van der Waals surface area contributed by atoms with Crippen LogP contribution < -0.4 is 10.6 Å². The topological polar surface area (TPSA) is 125 Å². The predicted molar refractivity (Wildman–Crippen MR) is 118 cm³/mol. The second-order valence-electron chi connectivity index (χ2n) is 7.90. The van der Waals surface area contributed by atoms with Crippen molar-refractivity contribution in [2.45, 2.75) is 50.8 Å². The lowest BCUT2D eigenvalue weighted by molar-refractivity contribution is -0.144. The van der Waals surface area contributed by atoms with Gasteiger partial charge in [0, 0.05) is 18.4 Å². The lowest BCUT2D eigenvalue weighted by Crippen LogP contribution is -2.49. The van der Waals surface area contributed by atoms with Crippen molar-refractivity contribution < 1.29 is 29.3 Å². The first-order valence-electron chi connectivity index (χ1n) is 10.6. The molecule has 0 heterocycles. The van der Waals surface area contributed by atoms with Gasteiger partial charge >= 0.3 is 12.1 Å². The van der Waals surface area contributed by atoms with E-state index in [9.17, 15) is 19.5 Å². The number of hydrogen-bond donors (Lipinski definition) is 4. The summed E-state index contributed by atoms with van der Waals surface area (Å²) in [6.07, 6.45) is -1.57. The smallest absolute Gasteiger partial charge is 0.407 e. The number of amides is 2. The fraction of sp³-hybridized carbons (Fsp3) is 0.375. The van der Waals surface area contributed by atoms with Gasteiger partial charge in [-0.05, 0) is 35.6 Å². The molecule has 0 unspecified atom stereocenters. The quantitative estimate of drug-likeness (QED) is 0.475. The standard InChI is InChI=1S/C24H28N2O6/c1-3-15(12-21(28)26-22(14(2)27)23(29)30)25-24(31)32-13-20-18-10-6-4-8-16(18)17-9-5-7-11-19(17)20/h4-11,14-15,20,22,27H,3,12-13H2,1-2H3,(H,25,31)(H,26,28)(H,29,30)/t14-,15-,22+/m1/s1. The normalized spacial score (nSPS) is 15.1. The Morgan fingerprint density at radius 3 is 2.06 bits per heavy atom. The molecule has 8 heteroatoms. The zero-order chi connectivity index (χ0) is 23.3. The third-order valence-corrected chi connectivity index (χ3v) is 5.66. The van der Waals surface area contributed by atoms with E-state index >= 15 is 0 Å². The Balaban J connectivity index is 1.57. The van der Waals surface area contributed by atoms with Crippen LogP contribution in [-0.4, -0.2) is 53.0 Å². The molecule has 2 aromatic carbocycles. The molecule has 170 valence electrons. The number of carbonyl (C=O) groups excluding carboxylic acids is 2. The molecule has 3 rings (SSSR count). The molecule has 2 aromatic rings. The van der Waals surface area contributed by atoms with Crippen molar-refractivity contribution in [1.29, 1.82) is 0 Å². The third-order valence-electron chi connectivity index (χ3n) is 5.66. The predicted octanol–water partition coefficient (Wildman–Crippen LogP) is 2.64. The van der Waals surface area contributed by atoms with Crippen LogP contribution in [0.1, 0.15) is 43.7 Å². The van der Waals surface area contributed by atoms with Gasteiger partial charge in [-0.15, -0.1) is 0 Å². The van der Waals surface area contributed by atoms with Crippen LogP contribution in [-0.2, 0) is 14.3 Å². The fourth-order valence-corrected chi connectivity index (χ4v) is 3.95. The minimum Gasteiger partial charge on any atom is -0.480 e. The summed E-state index contributed by atoms with van der Waals surface area (Å²) in [6.45, 7) is 3.24. The summed E-state index contributed by atoms with van der Waals surface area (Å²) in [7, 11) is 0. The van der Waals surface area contributed by atoms with Crippen LogP contribution in [0.5, 0.6) is 0 Å². The second kappa shape index (κ2) is 10.3. The highest BCUT2D eigenvalue weighted by Gasteiger charge is 2.30. The molecule has 0 aliphatic heterocycles. The maximum atomic E-state index is 12.4. The van der Waals surface area contributed by atoms with E-state index in [2.05, 4.69) is 22.8 Å². The van der Waals surface area contributed by atoms with Crippen LogP contribution in [0.3, 0.4) is 0 Å². The van der Waals surface area contributed by atoms with Gasteiger partial charge in [0.25, 0.3) is 0 Å². The average molecular weight is 440 g/mol. The van der Waals surface area contributed by atoms with E-state index in [1.165, 1.54) is 6.92 Å². The third kappa shape index (κ3) is 5.26. The molecular weight excluding hydrogens is 412 g/mol. The summed E-state index contributed by atoms with van der Waals surface area (Å²) in [5, 5.41) is 23.5. The van der Waals surface area contributed by atoms with Gasteiger partial charge in [-0.25, -0.2) is 9.59 Å². The molecule has 3 atom stereocenters. The zero-order valence-corrected chi connectivity index (χ0v) is 18.1. The number of aliphatic carboxylic acids is 1. The minimum absolute atomic E-state index is 0.0705. The van der Waals surface area contributed by atoms with Crippen LogP contribution in [0, 0.1) is 0 Å². The number of alkyl carbamates (subject to hydrolysis) is 1. The van der Waals surface area contributed by atoms with Gasteiger partial charge < -0.3 is 25.6 Å². The summed E-state index contributed by atoms with van der Waals surface area (Å²) < 4.78 is 5.50. The molecule has 0 saturated carbocycles. The van der Waals surface area contributed by atoms with E-state index in [0.717, 1.165) is 22.3 Å².